The molecule has 0 bridgehead atoms. The van der Waals surface area contributed by atoms with E-state index in [-0.39, 0.29) is 23.3 Å². The van der Waals surface area contributed by atoms with Gasteiger partial charge in [-0.05, 0) is 54.3 Å². The van der Waals surface area contributed by atoms with Gasteiger partial charge in [-0.15, -0.1) is 0 Å². The Morgan fingerprint density at radius 1 is 1.15 bits per heavy atom. The van der Waals surface area contributed by atoms with Crippen LogP contribution in [0.3, 0.4) is 0 Å². The van der Waals surface area contributed by atoms with E-state index in [2.05, 4.69) is 13.0 Å². The molecule has 0 saturated heterocycles. The number of fused-ring (bicyclic) bond motifs is 1. The average molecular weight is 465 g/mol. The van der Waals surface area contributed by atoms with Crippen molar-refractivity contribution in [2.24, 2.45) is 0 Å². The molecule has 1 aliphatic rings. The largest absolute Gasteiger partial charge is 0.507 e. The standard InChI is InChI=1S/C27H29FN2O4/c1-4-5-8-25(32)30-11-6-7-17(16-30)18-12-19-14-24(27(33)29(2)3)34-26(19)22(13-18)21-10-9-20(28)15-23(21)31/h7,9-10,12-15,31H,4-6,8,11,16H2,1-3H3. The number of aromatic hydroxyl groups is 1. The van der Waals surface area contributed by atoms with Gasteiger partial charge in [-0.1, -0.05) is 19.4 Å². The lowest BCUT2D eigenvalue weighted by Gasteiger charge is -2.28. The predicted molar refractivity (Wildman–Crippen MR) is 130 cm³/mol. The quantitative estimate of drug-likeness (QED) is 0.526. The fourth-order valence-corrected chi connectivity index (χ4v) is 4.25. The number of benzene rings is 2. The van der Waals surface area contributed by atoms with Crippen LogP contribution in [-0.4, -0.2) is 53.9 Å². The summed E-state index contributed by atoms with van der Waals surface area (Å²) in [6.07, 6.45) is 5.24. The van der Waals surface area contributed by atoms with Crippen molar-refractivity contribution >= 4 is 28.4 Å². The van der Waals surface area contributed by atoms with Crippen molar-refractivity contribution in [3.63, 3.8) is 0 Å². The van der Waals surface area contributed by atoms with Gasteiger partial charge >= 0.3 is 0 Å². The van der Waals surface area contributed by atoms with Crippen LogP contribution in [0.1, 0.15) is 48.7 Å². The highest BCUT2D eigenvalue weighted by atomic mass is 19.1. The third-order valence-corrected chi connectivity index (χ3v) is 6.10. The Balaban J connectivity index is 1.81. The number of unbranched alkanes of at least 4 members (excludes halogenated alkanes) is 1. The van der Waals surface area contributed by atoms with Gasteiger partial charge in [0.05, 0.1) is 0 Å². The van der Waals surface area contributed by atoms with Gasteiger partial charge in [-0.3, -0.25) is 9.59 Å². The second-order valence-electron chi connectivity index (χ2n) is 8.85. The summed E-state index contributed by atoms with van der Waals surface area (Å²) in [7, 11) is 3.29. The van der Waals surface area contributed by atoms with Gasteiger partial charge in [-0.25, -0.2) is 4.39 Å². The number of halogens is 1. The Morgan fingerprint density at radius 3 is 2.65 bits per heavy atom. The van der Waals surface area contributed by atoms with Gasteiger partial charge in [0.25, 0.3) is 5.91 Å². The number of carbonyl (C=O) groups is 2. The summed E-state index contributed by atoms with van der Waals surface area (Å²) in [4.78, 5) is 28.5. The summed E-state index contributed by atoms with van der Waals surface area (Å²) >= 11 is 0. The Morgan fingerprint density at radius 2 is 1.94 bits per heavy atom. The van der Waals surface area contributed by atoms with E-state index in [0.717, 1.165) is 36.5 Å². The van der Waals surface area contributed by atoms with E-state index in [1.54, 1.807) is 20.2 Å². The molecule has 0 spiro atoms. The third-order valence-electron chi connectivity index (χ3n) is 6.10. The van der Waals surface area contributed by atoms with E-state index in [1.807, 2.05) is 17.0 Å². The summed E-state index contributed by atoms with van der Waals surface area (Å²) in [6, 6.07) is 9.30. The van der Waals surface area contributed by atoms with Crippen LogP contribution in [0.5, 0.6) is 5.75 Å². The molecule has 0 fully saturated rings. The first-order valence-corrected chi connectivity index (χ1v) is 11.5. The smallest absolute Gasteiger partial charge is 0.289 e. The molecule has 0 aliphatic carbocycles. The number of amides is 2. The first-order valence-electron chi connectivity index (χ1n) is 11.5. The van der Waals surface area contributed by atoms with E-state index in [0.29, 0.717) is 41.6 Å². The van der Waals surface area contributed by atoms with Crippen molar-refractivity contribution in [3.05, 3.63) is 59.6 Å². The van der Waals surface area contributed by atoms with E-state index >= 15 is 0 Å². The maximum Gasteiger partial charge on any atom is 0.289 e. The number of rotatable bonds is 6. The number of hydrogen-bond acceptors (Lipinski definition) is 4. The lowest BCUT2D eigenvalue weighted by atomic mass is 9.94. The third kappa shape index (κ3) is 4.69. The molecular weight excluding hydrogens is 435 g/mol. The van der Waals surface area contributed by atoms with Crippen LogP contribution < -0.4 is 0 Å². The Hall–Kier alpha value is -3.61. The van der Waals surface area contributed by atoms with Crippen molar-refractivity contribution in [3.8, 4) is 16.9 Å². The molecule has 3 aromatic rings. The van der Waals surface area contributed by atoms with Crippen LogP contribution in [0.2, 0.25) is 0 Å². The average Bonchev–Trinajstić information content (AvgIpc) is 3.26. The molecule has 0 saturated carbocycles. The molecule has 1 aliphatic heterocycles. The topological polar surface area (TPSA) is 74.0 Å². The highest BCUT2D eigenvalue weighted by Crippen LogP contribution is 2.39. The minimum absolute atomic E-state index is 0.145. The Bertz CT molecular complexity index is 1280. The monoisotopic (exact) mass is 464 g/mol. The number of carbonyl (C=O) groups excluding carboxylic acids is 2. The zero-order chi connectivity index (χ0) is 24.4. The van der Waals surface area contributed by atoms with Gasteiger partial charge in [-0.2, -0.15) is 0 Å². The van der Waals surface area contributed by atoms with Crippen LogP contribution in [0.25, 0.3) is 27.7 Å². The van der Waals surface area contributed by atoms with Crippen molar-refractivity contribution in [1.29, 1.82) is 0 Å². The number of nitrogens with zero attached hydrogens (tertiary/aromatic N) is 2. The number of furan rings is 1. The second-order valence-corrected chi connectivity index (χ2v) is 8.85. The summed E-state index contributed by atoms with van der Waals surface area (Å²) in [6.45, 7) is 3.24. The summed E-state index contributed by atoms with van der Waals surface area (Å²) in [5.41, 5.74) is 3.24. The van der Waals surface area contributed by atoms with E-state index < -0.39 is 5.82 Å². The summed E-state index contributed by atoms with van der Waals surface area (Å²) in [5, 5.41) is 11.2. The summed E-state index contributed by atoms with van der Waals surface area (Å²) in [5.74, 6) is -0.727. The molecule has 7 heteroatoms. The molecule has 2 aromatic carbocycles. The van der Waals surface area contributed by atoms with Gasteiger partial charge in [0.15, 0.2) is 5.76 Å². The highest BCUT2D eigenvalue weighted by Gasteiger charge is 2.23. The fraction of sp³-hybridized carbons (Fsp3) is 0.333. The summed E-state index contributed by atoms with van der Waals surface area (Å²) < 4.78 is 19.6. The molecule has 0 atom stereocenters. The Kier molecular flexibility index (Phi) is 6.72. The SMILES string of the molecule is CCCCC(=O)N1CCC=C(c2cc(-c3ccc(F)cc3O)c3oc(C(=O)N(C)C)cc3c2)C1. The van der Waals surface area contributed by atoms with E-state index in [9.17, 15) is 19.1 Å². The predicted octanol–water partition coefficient (Wildman–Crippen LogP) is 5.45. The zero-order valence-corrected chi connectivity index (χ0v) is 19.7. The maximum absolute atomic E-state index is 13.7. The Labute approximate surface area is 198 Å². The molecular formula is C27H29FN2O4. The highest BCUT2D eigenvalue weighted by molar-refractivity contribution is 6.02. The van der Waals surface area contributed by atoms with Crippen molar-refractivity contribution < 1.29 is 23.5 Å². The second kappa shape index (κ2) is 9.71. The molecule has 34 heavy (non-hydrogen) atoms. The normalized spacial score (nSPS) is 13.8. The molecule has 2 heterocycles. The van der Waals surface area contributed by atoms with Crippen LogP contribution >= 0.6 is 0 Å². The van der Waals surface area contributed by atoms with Gasteiger partial charge in [0, 0.05) is 56.2 Å². The van der Waals surface area contributed by atoms with Crippen LogP contribution in [0.4, 0.5) is 4.39 Å². The fourth-order valence-electron chi connectivity index (χ4n) is 4.25. The number of hydrogen-bond donors (Lipinski definition) is 1. The van der Waals surface area contributed by atoms with Gasteiger partial charge in [0.2, 0.25) is 5.91 Å². The van der Waals surface area contributed by atoms with Crippen LogP contribution in [0.15, 0.2) is 46.9 Å². The molecule has 1 N–H and O–H groups in total. The minimum atomic E-state index is -0.548. The number of phenolic OH excluding ortho intramolecular Hbond substituents is 1. The molecule has 0 radical (unpaired) electrons. The number of phenols is 1. The van der Waals surface area contributed by atoms with Crippen LogP contribution in [0, 0.1) is 5.82 Å². The van der Waals surface area contributed by atoms with Crippen molar-refractivity contribution in [2.45, 2.75) is 32.6 Å². The van der Waals surface area contributed by atoms with Crippen molar-refractivity contribution in [1.82, 2.24) is 9.80 Å². The van der Waals surface area contributed by atoms with Gasteiger partial charge in [0.1, 0.15) is 17.1 Å². The van der Waals surface area contributed by atoms with Gasteiger partial charge < -0.3 is 19.3 Å². The molecule has 6 nitrogen and oxygen atoms in total. The zero-order valence-electron chi connectivity index (χ0n) is 19.7. The van der Waals surface area contributed by atoms with Crippen LogP contribution in [-0.2, 0) is 4.79 Å². The lowest BCUT2D eigenvalue weighted by Crippen LogP contribution is -2.35. The lowest BCUT2D eigenvalue weighted by molar-refractivity contribution is -0.130. The molecule has 2 amide bonds. The van der Waals surface area contributed by atoms with E-state index in [1.165, 1.54) is 17.0 Å². The molecule has 178 valence electrons. The minimum Gasteiger partial charge on any atom is -0.507 e. The molecule has 4 rings (SSSR count). The first kappa shape index (κ1) is 23.5. The van der Waals surface area contributed by atoms with E-state index in [4.69, 9.17) is 4.42 Å². The maximum atomic E-state index is 13.7. The van der Waals surface area contributed by atoms with Crippen molar-refractivity contribution in [2.75, 3.05) is 27.2 Å². The first-order chi connectivity index (χ1) is 16.3. The molecule has 1 aromatic heterocycles. The molecule has 0 unspecified atom stereocenters.